The van der Waals surface area contributed by atoms with Crippen molar-refractivity contribution >= 4 is 29.1 Å². The Balaban J connectivity index is 1.82. The average Bonchev–Trinajstić information content (AvgIpc) is 2.36. The highest BCUT2D eigenvalue weighted by Crippen LogP contribution is 2.21. The third-order valence-electron chi connectivity index (χ3n) is 3.80. The van der Waals surface area contributed by atoms with Crippen molar-refractivity contribution in [3.63, 3.8) is 0 Å². The van der Waals surface area contributed by atoms with Gasteiger partial charge in [-0.25, -0.2) is 0 Å². The summed E-state index contributed by atoms with van der Waals surface area (Å²) < 4.78 is 0. The summed E-state index contributed by atoms with van der Waals surface area (Å²) in [6.07, 6.45) is 1.25. The Morgan fingerprint density at radius 3 is 2.57 bits per heavy atom. The molecule has 3 nitrogen and oxygen atoms in total. The van der Waals surface area contributed by atoms with E-state index in [0.29, 0.717) is 35.0 Å². The summed E-state index contributed by atoms with van der Waals surface area (Å²) in [5.41, 5.74) is 0.884. The fraction of sp³-hybridized carbons (Fsp3) is 0.562. The van der Waals surface area contributed by atoms with Crippen LogP contribution < -0.4 is 5.32 Å². The van der Waals surface area contributed by atoms with E-state index in [1.165, 1.54) is 6.42 Å². The fourth-order valence-electron chi connectivity index (χ4n) is 3.04. The molecule has 0 aromatic heterocycles. The molecule has 1 aliphatic heterocycles. The van der Waals surface area contributed by atoms with Crippen LogP contribution in [-0.4, -0.2) is 30.4 Å². The van der Waals surface area contributed by atoms with E-state index in [-0.39, 0.29) is 5.91 Å². The highest BCUT2D eigenvalue weighted by Gasteiger charge is 2.23. The van der Waals surface area contributed by atoms with E-state index in [2.05, 4.69) is 24.1 Å². The van der Waals surface area contributed by atoms with Gasteiger partial charge in [-0.1, -0.05) is 43.1 Å². The summed E-state index contributed by atoms with van der Waals surface area (Å²) in [6, 6.07) is 5.32. The van der Waals surface area contributed by atoms with Gasteiger partial charge in [-0.2, -0.15) is 0 Å². The van der Waals surface area contributed by atoms with Crippen LogP contribution in [0.4, 0.5) is 0 Å². The Morgan fingerprint density at radius 2 is 1.95 bits per heavy atom. The third-order valence-corrected chi connectivity index (χ3v) is 4.39. The van der Waals surface area contributed by atoms with Crippen molar-refractivity contribution in [2.75, 3.05) is 19.6 Å². The SMILES string of the molecule is C[C@@H]1C[C@H](C)CN(CC(=O)NCc2ccc(Cl)cc2Cl)C1. The number of carbonyl (C=O) groups excluding carboxylic acids is 1. The number of benzene rings is 1. The first kappa shape index (κ1) is 16.6. The topological polar surface area (TPSA) is 32.3 Å². The van der Waals surface area contributed by atoms with Crippen molar-refractivity contribution in [3.05, 3.63) is 33.8 Å². The predicted octanol–water partition coefficient (Wildman–Crippen LogP) is 3.59. The van der Waals surface area contributed by atoms with E-state index in [1.807, 2.05) is 6.07 Å². The lowest BCUT2D eigenvalue weighted by molar-refractivity contribution is -0.123. The molecule has 1 aromatic carbocycles. The van der Waals surface area contributed by atoms with Crippen LogP contribution in [0.3, 0.4) is 0 Å². The Kier molecular flexibility index (Phi) is 5.91. The first-order chi connectivity index (χ1) is 9.94. The van der Waals surface area contributed by atoms with Crippen molar-refractivity contribution < 1.29 is 4.79 Å². The smallest absolute Gasteiger partial charge is 0.234 e. The Hall–Kier alpha value is -0.770. The Bertz CT molecular complexity index is 497. The van der Waals surface area contributed by atoms with Crippen LogP contribution in [0.1, 0.15) is 25.8 Å². The highest BCUT2D eigenvalue weighted by atomic mass is 35.5. The molecule has 0 saturated carbocycles. The van der Waals surface area contributed by atoms with Crippen LogP contribution in [0.15, 0.2) is 18.2 Å². The van der Waals surface area contributed by atoms with Crippen molar-refractivity contribution in [1.29, 1.82) is 0 Å². The van der Waals surface area contributed by atoms with E-state index in [4.69, 9.17) is 23.2 Å². The number of halogens is 2. The number of nitrogens with one attached hydrogen (secondary N) is 1. The summed E-state index contributed by atoms with van der Waals surface area (Å²) in [6.45, 7) is 7.38. The lowest BCUT2D eigenvalue weighted by atomic mass is 9.92. The van der Waals surface area contributed by atoms with Gasteiger partial charge in [0, 0.05) is 29.7 Å². The van der Waals surface area contributed by atoms with E-state index < -0.39 is 0 Å². The maximum atomic E-state index is 12.1. The Labute approximate surface area is 136 Å². The van der Waals surface area contributed by atoms with Gasteiger partial charge >= 0.3 is 0 Å². The molecule has 1 aliphatic rings. The molecule has 1 saturated heterocycles. The molecule has 1 aromatic rings. The van der Waals surface area contributed by atoms with Gasteiger partial charge in [-0.05, 0) is 36.0 Å². The van der Waals surface area contributed by atoms with E-state index in [0.717, 1.165) is 18.7 Å². The molecule has 0 unspecified atom stereocenters. The minimum Gasteiger partial charge on any atom is -0.351 e. The van der Waals surface area contributed by atoms with Gasteiger partial charge in [0.05, 0.1) is 6.54 Å². The van der Waals surface area contributed by atoms with Crippen LogP contribution >= 0.6 is 23.2 Å². The van der Waals surface area contributed by atoms with Gasteiger partial charge in [0.15, 0.2) is 0 Å². The van der Waals surface area contributed by atoms with E-state index in [1.54, 1.807) is 12.1 Å². The monoisotopic (exact) mass is 328 g/mol. The summed E-state index contributed by atoms with van der Waals surface area (Å²) in [4.78, 5) is 14.3. The van der Waals surface area contributed by atoms with Gasteiger partial charge in [-0.15, -0.1) is 0 Å². The van der Waals surface area contributed by atoms with Crippen LogP contribution in [0.25, 0.3) is 0 Å². The quantitative estimate of drug-likeness (QED) is 0.916. The molecule has 21 heavy (non-hydrogen) atoms. The number of hydrogen-bond donors (Lipinski definition) is 1. The summed E-state index contributed by atoms with van der Waals surface area (Å²) in [7, 11) is 0. The molecule has 5 heteroatoms. The molecule has 1 fully saturated rings. The lowest BCUT2D eigenvalue weighted by Crippen LogP contribution is -2.44. The van der Waals surface area contributed by atoms with Gasteiger partial charge in [-0.3, -0.25) is 9.69 Å². The molecular formula is C16H22Cl2N2O. The van der Waals surface area contributed by atoms with Crippen LogP contribution in [0, 0.1) is 11.8 Å². The molecule has 0 spiro atoms. The maximum Gasteiger partial charge on any atom is 0.234 e. The molecular weight excluding hydrogens is 307 g/mol. The molecule has 1 amide bonds. The molecule has 0 radical (unpaired) electrons. The number of likely N-dealkylation sites (tertiary alicyclic amines) is 1. The number of nitrogens with zero attached hydrogens (tertiary/aromatic N) is 1. The van der Waals surface area contributed by atoms with Gasteiger partial charge in [0.25, 0.3) is 0 Å². The number of piperidine rings is 1. The van der Waals surface area contributed by atoms with Crippen molar-refractivity contribution in [2.45, 2.75) is 26.8 Å². The van der Waals surface area contributed by atoms with Crippen molar-refractivity contribution in [1.82, 2.24) is 10.2 Å². The van der Waals surface area contributed by atoms with E-state index in [9.17, 15) is 4.79 Å². The van der Waals surface area contributed by atoms with Crippen LogP contribution in [-0.2, 0) is 11.3 Å². The van der Waals surface area contributed by atoms with Crippen molar-refractivity contribution in [3.8, 4) is 0 Å². The third kappa shape index (κ3) is 5.17. The number of rotatable bonds is 4. The molecule has 0 aliphatic carbocycles. The van der Waals surface area contributed by atoms with Crippen LogP contribution in [0.5, 0.6) is 0 Å². The first-order valence-electron chi connectivity index (χ1n) is 7.37. The minimum atomic E-state index is 0.0438. The Morgan fingerprint density at radius 1 is 1.29 bits per heavy atom. The fourth-order valence-corrected chi connectivity index (χ4v) is 3.51. The zero-order chi connectivity index (χ0) is 15.4. The lowest BCUT2D eigenvalue weighted by Gasteiger charge is -2.34. The average molecular weight is 329 g/mol. The van der Waals surface area contributed by atoms with Crippen LogP contribution in [0.2, 0.25) is 10.0 Å². The largest absolute Gasteiger partial charge is 0.351 e. The zero-order valence-electron chi connectivity index (χ0n) is 12.5. The summed E-state index contributed by atoms with van der Waals surface area (Å²) in [5.74, 6) is 1.36. The molecule has 116 valence electrons. The van der Waals surface area contributed by atoms with Gasteiger partial charge in [0.2, 0.25) is 5.91 Å². The first-order valence-corrected chi connectivity index (χ1v) is 8.12. The molecule has 1 heterocycles. The second kappa shape index (κ2) is 7.48. The zero-order valence-corrected chi connectivity index (χ0v) is 14.0. The highest BCUT2D eigenvalue weighted by molar-refractivity contribution is 6.35. The number of hydrogen-bond acceptors (Lipinski definition) is 2. The predicted molar refractivity (Wildman–Crippen MR) is 87.7 cm³/mol. The number of amides is 1. The number of carbonyl (C=O) groups is 1. The summed E-state index contributed by atoms with van der Waals surface area (Å²) >= 11 is 12.0. The molecule has 0 bridgehead atoms. The van der Waals surface area contributed by atoms with E-state index >= 15 is 0 Å². The minimum absolute atomic E-state index is 0.0438. The van der Waals surface area contributed by atoms with Gasteiger partial charge < -0.3 is 5.32 Å². The van der Waals surface area contributed by atoms with Crippen molar-refractivity contribution in [2.24, 2.45) is 11.8 Å². The second-order valence-electron chi connectivity index (χ2n) is 6.15. The standard InChI is InChI=1S/C16H22Cl2N2O/c1-11-5-12(2)9-20(8-11)10-16(21)19-7-13-3-4-14(17)6-15(13)18/h3-4,6,11-12H,5,7-10H2,1-2H3,(H,19,21)/t11-,12+. The molecule has 2 rings (SSSR count). The summed E-state index contributed by atoms with van der Waals surface area (Å²) in [5, 5.41) is 4.12. The molecule has 2 atom stereocenters. The van der Waals surface area contributed by atoms with Gasteiger partial charge in [0.1, 0.15) is 0 Å². The second-order valence-corrected chi connectivity index (χ2v) is 7.00. The molecule has 1 N–H and O–H groups in total. The normalized spacial score (nSPS) is 23.0. The maximum absolute atomic E-state index is 12.1.